The zero-order valence-corrected chi connectivity index (χ0v) is 15.6. The van der Waals surface area contributed by atoms with E-state index in [2.05, 4.69) is 20.1 Å². The van der Waals surface area contributed by atoms with Crippen LogP contribution >= 0.6 is 0 Å². The lowest BCUT2D eigenvalue weighted by Crippen LogP contribution is -2.34. The van der Waals surface area contributed by atoms with Crippen LogP contribution in [0, 0.1) is 0 Å². The van der Waals surface area contributed by atoms with Crippen molar-refractivity contribution in [1.82, 2.24) is 24.4 Å². The van der Waals surface area contributed by atoms with E-state index in [1.165, 1.54) is 22.5 Å². The highest BCUT2D eigenvalue weighted by molar-refractivity contribution is 7.89. The second kappa shape index (κ2) is 6.01. The Kier molecular flexibility index (Phi) is 3.98. The number of aromatic amines is 2. The maximum Gasteiger partial charge on any atom is 0.323 e. The minimum absolute atomic E-state index is 0.0225. The largest absolute Gasteiger partial charge is 0.379 e. The molecule has 0 spiro atoms. The molecule has 1 aromatic carbocycles. The molecule has 11 heteroatoms. The molecule has 0 bridgehead atoms. The van der Waals surface area contributed by atoms with Gasteiger partial charge < -0.3 is 19.6 Å². The number of benzene rings is 1. The molecule has 10 nitrogen and oxygen atoms in total. The van der Waals surface area contributed by atoms with Gasteiger partial charge >= 0.3 is 5.69 Å². The topological polar surface area (TPSA) is 145 Å². The Morgan fingerprint density at radius 2 is 2.04 bits per heavy atom. The van der Waals surface area contributed by atoms with Gasteiger partial charge in [-0.3, -0.25) is 0 Å². The fourth-order valence-corrected chi connectivity index (χ4v) is 4.64. The molecule has 2 aromatic heterocycles. The van der Waals surface area contributed by atoms with Crippen molar-refractivity contribution in [2.24, 2.45) is 0 Å². The zero-order chi connectivity index (χ0) is 19.4. The van der Waals surface area contributed by atoms with E-state index in [0.717, 1.165) is 0 Å². The van der Waals surface area contributed by atoms with Gasteiger partial charge in [0.05, 0.1) is 22.5 Å². The SMILES string of the molecule is CC(C)c1noc(C2(O)CCN(S(=O)(=O)c3ccc4[nH]c(=O)[nH]c4c3)C2)n1. The maximum atomic E-state index is 13.0. The van der Waals surface area contributed by atoms with Crippen molar-refractivity contribution in [3.8, 4) is 0 Å². The fourth-order valence-electron chi connectivity index (χ4n) is 3.12. The molecule has 0 saturated carbocycles. The van der Waals surface area contributed by atoms with Gasteiger partial charge in [0.2, 0.25) is 10.0 Å². The molecule has 1 aliphatic heterocycles. The van der Waals surface area contributed by atoms with Gasteiger partial charge in [0.1, 0.15) is 0 Å². The molecule has 4 rings (SSSR count). The number of β-amino-alcohol motifs (C(OH)–C–C–N with tert-alkyl or cyclic N) is 1. The third-order valence-electron chi connectivity index (χ3n) is 4.69. The van der Waals surface area contributed by atoms with E-state index in [1.54, 1.807) is 0 Å². The van der Waals surface area contributed by atoms with E-state index in [0.29, 0.717) is 16.9 Å². The van der Waals surface area contributed by atoms with Crippen molar-refractivity contribution in [2.75, 3.05) is 13.1 Å². The number of fused-ring (bicyclic) bond motifs is 1. The van der Waals surface area contributed by atoms with Crippen molar-refractivity contribution in [3.05, 3.63) is 40.4 Å². The number of imidazole rings is 1. The first kappa shape index (κ1) is 17.9. The number of aliphatic hydroxyl groups is 1. The second-order valence-corrected chi connectivity index (χ2v) is 8.96. The van der Waals surface area contributed by atoms with Gasteiger partial charge in [0, 0.05) is 18.9 Å². The van der Waals surface area contributed by atoms with Gasteiger partial charge in [0.15, 0.2) is 11.4 Å². The minimum atomic E-state index is -3.86. The summed E-state index contributed by atoms with van der Waals surface area (Å²) in [5.41, 5.74) is -1.02. The lowest BCUT2D eigenvalue weighted by Gasteiger charge is -2.19. The van der Waals surface area contributed by atoms with Gasteiger partial charge in [-0.1, -0.05) is 19.0 Å². The van der Waals surface area contributed by atoms with Crippen LogP contribution < -0.4 is 5.69 Å². The number of rotatable bonds is 4. The predicted octanol–water partition coefficient (Wildman–Crippen LogP) is 0.645. The van der Waals surface area contributed by atoms with Gasteiger partial charge in [-0.2, -0.15) is 9.29 Å². The van der Waals surface area contributed by atoms with Crippen LogP contribution in [0.25, 0.3) is 11.0 Å². The Bertz CT molecular complexity index is 1160. The summed E-state index contributed by atoms with van der Waals surface area (Å²) in [6, 6.07) is 4.33. The normalized spacial score (nSPS) is 21.5. The first-order valence-electron chi connectivity index (χ1n) is 8.48. The lowest BCUT2D eigenvalue weighted by atomic mass is 10.0. The van der Waals surface area contributed by atoms with Crippen molar-refractivity contribution in [1.29, 1.82) is 0 Å². The summed E-state index contributed by atoms with van der Waals surface area (Å²) < 4.78 is 32.3. The molecule has 0 radical (unpaired) electrons. The average molecular weight is 393 g/mol. The second-order valence-electron chi connectivity index (χ2n) is 7.02. The first-order chi connectivity index (χ1) is 12.7. The number of H-pyrrole nitrogens is 2. The molecular formula is C16H19N5O5S. The molecule has 1 unspecified atom stereocenters. The van der Waals surface area contributed by atoms with E-state index in [4.69, 9.17) is 4.52 Å². The third-order valence-corrected chi connectivity index (χ3v) is 6.54. The van der Waals surface area contributed by atoms with Crippen LogP contribution in [0.4, 0.5) is 0 Å². The molecule has 0 amide bonds. The molecule has 1 saturated heterocycles. The average Bonchev–Trinajstić information content (AvgIpc) is 3.31. The summed E-state index contributed by atoms with van der Waals surface area (Å²) in [6.07, 6.45) is 0.148. The molecule has 3 N–H and O–H groups in total. The maximum absolute atomic E-state index is 13.0. The summed E-state index contributed by atoms with van der Waals surface area (Å²) in [5, 5.41) is 14.7. The summed E-state index contributed by atoms with van der Waals surface area (Å²) in [7, 11) is -3.86. The molecule has 144 valence electrons. The molecule has 1 aliphatic rings. The third kappa shape index (κ3) is 2.97. The quantitative estimate of drug-likeness (QED) is 0.590. The van der Waals surface area contributed by atoms with E-state index in [-0.39, 0.29) is 36.2 Å². The van der Waals surface area contributed by atoms with Gasteiger partial charge in [0.25, 0.3) is 5.89 Å². The Hall–Kier alpha value is -2.50. The van der Waals surface area contributed by atoms with E-state index in [9.17, 15) is 18.3 Å². The number of aromatic nitrogens is 4. The lowest BCUT2D eigenvalue weighted by molar-refractivity contribution is 0.0194. The Morgan fingerprint density at radius 3 is 2.74 bits per heavy atom. The first-order valence-corrected chi connectivity index (χ1v) is 9.92. The Morgan fingerprint density at radius 1 is 1.30 bits per heavy atom. The monoisotopic (exact) mass is 393 g/mol. The van der Waals surface area contributed by atoms with Crippen molar-refractivity contribution in [3.63, 3.8) is 0 Å². The van der Waals surface area contributed by atoms with E-state index < -0.39 is 21.3 Å². The van der Waals surface area contributed by atoms with Crippen molar-refractivity contribution in [2.45, 2.75) is 36.7 Å². The number of nitrogens with one attached hydrogen (secondary N) is 2. The summed E-state index contributed by atoms with van der Waals surface area (Å²) in [6.45, 7) is 3.72. The molecule has 27 heavy (non-hydrogen) atoms. The van der Waals surface area contributed by atoms with Crippen LogP contribution in [0.1, 0.15) is 37.9 Å². The predicted molar refractivity (Wildman–Crippen MR) is 94.6 cm³/mol. The van der Waals surface area contributed by atoms with Crippen LogP contribution in [0.5, 0.6) is 0 Å². The number of sulfonamides is 1. The number of nitrogens with zero attached hydrogens (tertiary/aromatic N) is 3. The van der Waals surface area contributed by atoms with Gasteiger partial charge in [-0.05, 0) is 18.2 Å². The van der Waals surface area contributed by atoms with E-state index >= 15 is 0 Å². The zero-order valence-electron chi connectivity index (χ0n) is 14.8. The summed E-state index contributed by atoms with van der Waals surface area (Å²) in [4.78, 5) is 20.7. The van der Waals surface area contributed by atoms with Gasteiger partial charge in [-0.15, -0.1) is 0 Å². The van der Waals surface area contributed by atoms with Gasteiger partial charge in [-0.25, -0.2) is 13.2 Å². The molecule has 3 aromatic rings. The smallest absolute Gasteiger partial charge is 0.323 e. The van der Waals surface area contributed by atoms with Crippen LogP contribution in [0.2, 0.25) is 0 Å². The highest BCUT2D eigenvalue weighted by Crippen LogP contribution is 2.34. The standard InChI is InChI=1S/C16H19N5O5S/c1-9(2)13-19-14(26-20-13)16(23)5-6-21(8-16)27(24,25)10-3-4-11-12(7-10)18-15(22)17-11/h3-4,7,9,23H,5-6,8H2,1-2H3,(H2,17,18,22). The Balaban J connectivity index is 1.63. The van der Waals surface area contributed by atoms with Crippen molar-refractivity contribution < 1.29 is 18.0 Å². The van der Waals surface area contributed by atoms with Crippen LogP contribution in [0.3, 0.4) is 0 Å². The molecular weight excluding hydrogens is 374 g/mol. The van der Waals surface area contributed by atoms with Crippen LogP contribution in [0.15, 0.2) is 32.4 Å². The Labute approximate surface area is 154 Å². The molecule has 0 aliphatic carbocycles. The van der Waals surface area contributed by atoms with E-state index in [1.807, 2.05) is 13.8 Å². The summed E-state index contributed by atoms with van der Waals surface area (Å²) >= 11 is 0. The number of hydrogen-bond acceptors (Lipinski definition) is 7. The fraction of sp³-hybridized carbons (Fsp3) is 0.438. The van der Waals surface area contributed by atoms with Crippen LogP contribution in [-0.4, -0.2) is 51.0 Å². The van der Waals surface area contributed by atoms with Crippen molar-refractivity contribution >= 4 is 21.1 Å². The van der Waals surface area contributed by atoms with Crippen LogP contribution in [-0.2, 0) is 15.6 Å². The highest BCUT2D eigenvalue weighted by Gasteiger charge is 2.46. The number of hydrogen-bond donors (Lipinski definition) is 3. The highest BCUT2D eigenvalue weighted by atomic mass is 32.2. The molecule has 1 fully saturated rings. The summed E-state index contributed by atoms with van der Waals surface area (Å²) in [5.74, 6) is 0.512. The molecule has 3 heterocycles. The minimum Gasteiger partial charge on any atom is -0.379 e. The molecule has 1 atom stereocenters.